The Morgan fingerprint density at radius 1 is 1.32 bits per heavy atom. The maximum Gasteiger partial charge on any atom is 0.258 e. The number of anilines is 1. The van der Waals surface area contributed by atoms with Gasteiger partial charge in [0.1, 0.15) is 10.9 Å². The van der Waals surface area contributed by atoms with Crippen molar-refractivity contribution in [2.24, 2.45) is 16.6 Å². The standard InChI is InChI=1S/C20H16ClN7O2S/c1-30-15-9-23-16(21)6-12(15)14-8-24-17(25-10-22)7-13(14)19(29)26-20-28-27-18(31-20)5-4-11-2-3-11/h6-11H,2-3H2,1H3,(H2,22,24,25)(H,26,28,29). The summed E-state index contributed by atoms with van der Waals surface area (Å²) < 4.78 is 5.37. The first kappa shape index (κ1) is 20.7. The number of nitrogens with zero attached hydrogens (tertiary/aromatic N) is 5. The summed E-state index contributed by atoms with van der Waals surface area (Å²) in [7, 11) is 1.50. The number of carbonyl (C=O) groups is 1. The monoisotopic (exact) mass is 453 g/mol. The van der Waals surface area contributed by atoms with Crippen LogP contribution in [0, 0.1) is 17.8 Å². The highest BCUT2D eigenvalue weighted by Gasteiger charge is 2.20. The molecule has 0 aliphatic heterocycles. The van der Waals surface area contributed by atoms with Gasteiger partial charge in [-0.25, -0.2) is 15.0 Å². The molecule has 156 valence electrons. The van der Waals surface area contributed by atoms with Gasteiger partial charge < -0.3 is 10.5 Å². The third-order valence-corrected chi connectivity index (χ3v) is 5.25. The lowest BCUT2D eigenvalue weighted by molar-refractivity contribution is 0.102. The zero-order chi connectivity index (χ0) is 21.8. The Morgan fingerprint density at radius 2 is 2.16 bits per heavy atom. The largest absolute Gasteiger partial charge is 0.494 e. The van der Waals surface area contributed by atoms with Crippen LogP contribution in [0.2, 0.25) is 5.15 Å². The first-order valence-corrected chi connectivity index (χ1v) is 10.4. The van der Waals surface area contributed by atoms with E-state index in [0.29, 0.717) is 32.9 Å². The topological polar surface area (TPSA) is 128 Å². The Labute approximate surface area is 186 Å². The molecule has 0 aromatic carbocycles. The van der Waals surface area contributed by atoms with E-state index < -0.39 is 5.91 Å². The van der Waals surface area contributed by atoms with Crippen LogP contribution >= 0.6 is 22.9 Å². The summed E-state index contributed by atoms with van der Waals surface area (Å²) in [6.07, 6.45) is 6.31. The van der Waals surface area contributed by atoms with Gasteiger partial charge in [0, 0.05) is 23.2 Å². The van der Waals surface area contributed by atoms with Gasteiger partial charge in [-0.05, 0) is 30.9 Å². The number of nitrogens with one attached hydrogen (secondary N) is 1. The Bertz CT molecular complexity index is 1230. The predicted octanol–water partition coefficient (Wildman–Crippen LogP) is 3.29. The van der Waals surface area contributed by atoms with E-state index in [0.717, 1.165) is 19.2 Å². The molecule has 11 heteroatoms. The van der Waals surface area contributed by atoms with Gasteiger partial charge in [0.2, 0.25) is 5.13 Å². The molecular formula is C20H16ClN7O2S. The molecule has 1 aliphatic carbocycles. The number of halogens is 1. The molecule has 1 aliphatic rings. The van der Waals surface area contributed by atoms with Crippen LogP contribution in [0.4, 0.5) is 10.9 Å². The zero-order valence-corrected chi connectivity index (χ0v) is 17.9. The summed E-state index contributed by atoms with van der Waals surface area (Å²) in [4.78, 5) is 25.3. The second-order valence-corrected chi connectivity index (χ2v) is 7.85. The molecule has 1 amide bonds. The molecule has 0 radical (unpaired) electrons. The summed E-state index contributed by atoms with van der Waals surface area (Å²) >= 11 is 7.27. The van der Waals surface area contributed by atoms with Gasteiger partial charge >= 0.3 is 0 Å². The van der Waals surface area contributed by atoms with Gasteiger partial charge in [0.25, 0.3) is 5.91 Å². The third kappa shape index (κ3) is 4.96. The third-order valence-electron chi connectivity index (χ3n) is 4.29. The van der Waals surface area contributed by atoms with E-state index in [1.807, 2.05) is 0 Å². The fourth-order valence-electron chi connectivity index (χ4n) is 2.66. The van der Waals surface area contributed by atoms with Crippen molar-refractivity contribution in [2.45, 2.75) is 12.8 Å². The minimum atomic E-state index is -0.432. The van der Waals surface area contributed by atoms with Crippen molar-refractivity contribution in [2.75, 3.05) is 12.4 Å². The van der Waals surface area contributed by atoms with E-state index in [1.165, 1.54) is 36.9 Å². The van der Waals surface area contributed by atoms with Crippen molar-refractivity contribution in [3.63, 3.8) is 0 Å². The maximum absolute atomic E-state index is 13.1. The first-order valence-electron chi connectivity index (χ1n) is 9.18. The van der Waals surface area contributed by atoms with Gasteiger partial charge in [0.15, 0.2) is 10.8 Å². The van der Waals surface area contributed by atoms with Crippen molar-refractivity contribution >= 4 is 46.1 Å². The number of hydrogen-bond donors (Lipinski definition) is 2. The molecule has 3 N–H and O–H groups in total. The predicted molar refractivity (Wildman–Crippen MR) is 119 cm³/mol. The second kappa shape index (κ2) is 9.07. The van der Waals surface area contributed by atoms with E-state index in [4.69, 9.17) is 22.1 Å². The summed E-state index contributed by atoms with van der Waals surface area (Å²) in [6, 6.07) is 3.10. The molecule has 3 heterocycles. The molecule has 3 aromatic rings. The van der Waals surface area contributed by atoms with Crippen LogP contribution in [0.3, 0.4) is 0 Å². The van der Waals surface area contributed by atoms with Crippen molar-refractivity contribution in [1.82, 2.24) is 20.2 Å². The molecule has 0 atom stereocenters. The number of rotatable bonds is 5. The fourth-order valence-corrected chi connectivity index (χ4v) is 3.42. The zero-order valence-electron chi connectivity index (χ0n) is 16.3. The maximum atomic E-state index is 13.1. The van der Waals surface area contributed by atoms with E-state index in [-0.39, 0.29) is 16.5 Å². The molecule has 4 rings (SSSR count). The molecule has 0 bridgehead atoms. The Morgan fingerprint density at radius 3 is 2.90 bits per heavy atom. The number of amides is 1. The van der Waals surface area contributed by atoms with Crippen LogP contribution in [0.5, 0.6) is 5.75 Å². The second-order valence-electron chi connectivity index (χ2n) is 6.48. The molecule has 31 heavy (non-hydrogen) atoms. The normalized spacial score (nSPS) is 13.0. The van der Waals surface area contributed by atoms with Gasteiger partial charge in [-0.15, -0.1) is 10.2 Å². The Hall–Kier alpha value is -3.55. The average molecular weight is 454 g/mol. The number of hydrogen-bond acceptors (Lipinski definition) is 8. The molecular weight excluding hydrogens is 438 g/mol. The Kier molecular flexibility index (Phi) is 6.06. The highest BCUT2D eigenvalue weighted by molar-refractivity contribution is 7.15. The van der Waals surface area contributed by atoms with Crippen molar-refractivity contribution in [1.29, 1.82) is 0 Å². The first-order chi connectivity index (χ1) is 15.1. The molecule has 0 spiro atoms. The highest BCUT2D eigenvalue weighted by atomic mass is 35.5. The lowest BCUT2D eigenvalue weighted by Gasteiger charge is -2.13. The van der Waals surface area contributed by atoms with Gasteiger partial charge in [-0.2, -0.15) is 0 Å². The van der Waals surface area contributed by atoms with Gasteiger partial charge in [0.05, 0.1) is 25.2 Å². The van der Waals surface area contributed by atoms with Crippen LogP contribution in [0.1, 0.15) is 28.2 Å². The van der Waals surface area contributed by atoms with Crippen LogP contribution in [0.25, 0.3) is 11.1 Å². The van der Waals surface area contributed by atoms with E-state index in [2.05, 4.69) is 42.3 Å². The smallest absolute Gasteiger partial charge is 0.258 e. The van der Waals surface area contributed by atoms with Crippen molar-refractivity contribution < 1.29 is 9.53 Å². The molecule has 1 saturated carbocycles. The number of carbonyl (C=O) groups excluding carboxylic acids is 1. The summed E-state index contributed by atoms with van der Waals surface area (Å²) in [5.41, 5.74) is 6.68. The Balaban J connectivity index is 1.69. The minimum Gasteiger partial charge on any atom is -0.494 e. The lowest BCUT2D eigenvalue weighted by atomic mass is 10.0. The molecule has 0 saturated heterocycles. The molecule has 0 unspecified atom stereocenters. The minimum absolute atomic E-state index is 0.245. The van der Waals surface area contributed by atoms with Gasteiger partial charge in [-0.1, -0.05) is 28.9 Å². The number of methoxy groups -OCH3 is 1. The summed E-state index contributed by atoms with van der Waals surface area (Å²) in [6.45, 7) is 0. The summed E-state index contributed by atoms with van der Waals surface area (Å²) in [5, 5.41) is 11.9. The van der Waals surface area contributed by atoms with Crippen molar-refractivity contribution in [3.8, 4) is 28.7 Å². The molecule has 1 fully saturated rings. The quantitative estimate of drug-likeness (QED) is 0.262. The molecule has 3 aromatic heterocycles. The number of ether oxygens (including phenoxy) is 1. The average Bonchev–Trinajstić information content (AvgIpc) is 3.50. The molecule has 9 nitrogen and oxygen atoms in total. The van der Waals surface area contributed by atoms with E-state index >= 15 is 0 Å². The number of pyridine rings is 2. The van der Waals surface area contributed by atoms with E-state index in [1.54, 1.807) is 6.07 Å². The number of nitrogens with two attached hydrogens (primary N) is 1. The van der Waals surface area contributed by atoms with Crippen LogP contribution < -0.4 is 15.8 Å². The SMILES string of the molecule is COc1cnc(Cl)cc1-c1cnc(N=CN)cc1C(=O)Nc1nnc(C#CC2CC2)s1. The van der Waals surface area contributed by atoms with Gasteiger partial charge in [-0.3, -0.25) is 10.1 Å². The number of aromatic nitrogens is 4. The van der Waals surface area contributed by atoms with Crippen molar-refractivity contribution in [3.05, 3.63) is 40.3 Å². The van der Waals surface area contributed by atoms with Crippen LogP contribution in [-0.2, 0) is 0 Å². The fraction of sp³-hybridized carbons (Fsp3) is 0.200. The summed E-state index contributed by atoms with van der Waals surface area (Å²) in [5.74, 6) is 6.82. The highest BCUT2D eigenvalue weighted by Crippen LogP contribution is 2.35. The van der Waals surface area contributed by atoms with E-state index in [9.17, 15) is 4.79 Å². The van der Waals surface area contributed by atoms with Crippen LogP contribution in [-0.4, -0.2) is 39.5 Å². The lowest BCUT2D eigenvalue weighted by Crippen LogP contribution is -2.13. The van der Waals surface area contributed by atoms with Crippen LogP contribution in [0.15, 0.2) is 29.5 Å². The number of aliphatic imine (C=N–C) groups is 1.